The van der Waals surface area contributed by atoms with Gasteiger partial charge < -0.3 is 5.32 Å². The van der Waals surface area contributed by atoms with Crippen LogP contribution in [0.25, 0.3) is 10.8 Å². The summed E-state index contributed by atoms with van der Waals surface area (Å²) in [4.78, 5) is 12.5. The molecule has 1 aliphatic rings. The lowest BCUT2D eigenvalue weighted by Gasteiger charge is -2.16. The fourth-order valence-electron chi connectivity index (χ4n) is 2.96. The number of carbonyl (C=O) groups excluding carboxylic acids is 1. The highest BCUT2D eigenvalue weighted by molar-refractivity contribution is 6.07. The van der Waals surface area contributed by atoms with Gasteiger partial charge in [0.25, 0.3) is 5.91 Å². The highest BCUT2D eigenvalue weighted by Crippen LogP contribution is 2.26. The molecule has 20 heavy (non-hydrogen) atoms. The van der Waals surface area contributed by atoms with E-state index in [0.717, 1.165) is 30.0 Å². The molecular formula is C17H16N2O. The number of nitrogens with one attached hydrogen (secondary N) is 1. The van der Waals surface area contributed by atoms with Gasteiger partial charge in [-0.25, -0.2) is 0 Å². The Bertz CT molecular complexity index is 681. The first-order chi connectivity index (χ1) is 9.79. The largest absolute Gasteiger partial charge is 0.348 e. The lowest BCUT2D eigenvalue weighted by atomic mass is 10.0. The van der Waals surface area contributed by atoms with E-state index in [-0.39, 0.29) is 17.9 Å². The molecule has 3 nitrogen and oxygen atoms in total. The normalized spacial score (nSPS) is 21.6. The highest BCUT2D eigenvalue weighted by atomic mass is 16.1. The summed E-state index contributed by atoms with van der Waals surface area (Å²) in [5, 5.41) is 14.1. The van der Waals surface area contributed by atoms with Crippen molar-refractivity contribution in [2.24, 2.45) is 5.92 Å². The molecule has 1 saturated carbocycles. The fourth-order valence-corrected chi connectivity index (χ4v) is 2.96. The van der Waals surface area contributed by atoms with Crippen LogP contribution >= 0.6 is 0 Å². The SMILES string of the molecule is N#CC1CCCC1NC(=O)c1cccc2ccccc12. The summed E-state index contributed by atoms with van der Waals surface area (Å²) < 4.78 is 0. The van der Waals surface area contributed by atoms with Crippen molar-refractivity contribution in [3.63, 3.8) is 0 Å². The van der Waals surface area contributed by atoms with E-state index in [0.29, 0.717) is 5.56 Å². The van der Waals surface area contributed by atoms with Crippen LogP contribution in [-0.4, -0.2) is 11.9 Å². The van der Waals surface area contributed by atoms with Crippen LogP contribution in [0.15, 0.2) is 42.5 Å². The first-order valence-corrected chi connectivity index (χ1v) is 6.98. The monoisotopic (exact) mass is 264 g/mol. The number of hydrogen-bond donors (Lipinski definition) is 1. The molecule has 100 valence electrons. The summed E-state index contributed by atoms with van der Waals surface area (Å²) in [7, 11) is 0. The number of hydrogen-bond acceptors (Lipinski definition) is 2. The van der Waals surface area contributed by atoms with Gasteiger partial charge in [0.15, 0.2) is 0 Å². The lowest BCUT2D eigenvalue weighted by molar-refractivity contribution is 0.0934. The zero-order valence-corrected chi connectivity index (χ0v) is 11.2. The molecule has 2 atom stereocenters. The Morgan fingerprint density at radius 1 is 1.15 bits per heavy atom. The van der Waals surface area contributed by atoms with E-state index in [2.05, 4.69) is 11.4 Å². The minimum atomic E-state index is -0.0750. The first kappa shape index (κ1) is 12.7. The summed E-state index contributed by atoms with van der Waals surface area (Å²) in [6.45, 7) is 0. The smallest absolute Gasteiger partial charge is 0.252 e. The van der Waals surface area contributed by atoms with Crippen molar-refractivity contribution in [3.05, 3.63) is 48.0 Å². The maximum Gasteiger partial charge on any atom is 0.252 e. The average Bonchev–Trinajstić information content (AvgIpc) is 2.93. The number of carbonyl (C=O) groups is 1. The van der Waals surface area contributed by atoms with E-state index in [4.69, 9.17) is 5.26 Å². The van der Waals surface area contributed by atoms with E-state index >= 15 is 0 Å². The Balaban J connectivity index is 1.88. The van der Waals surface area contributed by atoms with Gasteiger partial charge in [0, 0.05) is 11.6 Å². The molecular weight excluding hydrogens is 248 g/mol. The van der Waals surface area contributed by atoms with Gasteiger partial charge in [-0.15, -0.1) is 0 Å². The number of nitriles is 1. The van der Waals surface area contributed by atoms with E-state index in [1.165, 1.54) is 0 Å². The van der Waals surface area contributed by atoms with Gasteiger partial charge in [-0.2, -0.15) is 5.26 Å². The minimum Gasteiger partial charge on any atom is -0.348 e. The van der Waals surface area contributed by atoms with Gasteiger partial charge in [-0.3, -0.25) is 4.79 Å². The molecule has 0 bridgehead atoms. The van der Waals surface area contributed by atoms with Crippen LogP contribution in [0.5, 0.6) is 0 Å². The third kappa shape index (κ3) is 2.25. The Morgan fingerprint density at radius 3 is 2.80 bits per heavy atom. The molecule has 2 aromatic rings. The lowest BCUT2D eigenvalue weighted by Crippen LogP contribution is -2.36. The molecule has 0 heterocycles. The van der Waals surface area contributed by atoms with Crippen molar-refractivity contribution < 1.29 is 4.79 Å². The second-order valence-corrected chi connectivity index (χ2v) is 5.27. The van der Waals surface area contributed by atoms with Crippen LogP contribution in [0.4, 0.5) is 0 Å². The van der Waals surface area contributed by atoms with E-state index in [1.54, 1.807) is 0 Å². The molecule has 2 aromatic carbocycles. The second kappa shape index (κ2) is 5.34. The van der Waals surface area contributed by atoms with Gasteiger partial charge in [0.2, 0.25) is 0 Å². The first-order valence-electron chi connectivity index (χ1n) is 6.98. The number of fused-ring (bicyclic) bond motifs is 1. The number of amides is 1. The Kier molecular flexibility index (Phi) is 3.39. The van der Waals surface area contributed by atoms with Gasteiger partial charge in [-0.05, 0) is 36.1 Å². The van der Waals surface area contributed by atoms with Gasteiger partial charge in [-0.1, -0.05) is 36.4 Å². The molecule has 0 aromatic heterocycles. The van der Waals surface area contributed by atoms with Crippen LogP contribution in [-0.2, 0) is 0 Å². The molecule has 3 heteroatoms. The average molecular weight is 264 g/mol. The van der Waals surface area contributed by atoms with Crippen molar-refractivity contribution >= 4 is 16.7 Å². The zero-order chi connectivity index (χ0) is 13.9. The standard InChI is InChI=1S/C17H16N2O/c18-11-13-7-4-10-16(13)19-17(20)15-9-3-6-12-5-1-2-8-14(12)15/h1-3,5-6,8-9,13,16H,4,7,10H2,(H,19,20). The molecule has 1 N–H and O–H groups in total. The van der Waals surface area contributed by atoms with Crippen LogP contribution in [0, 0.1) is 17.2 Å². The predicted molar refractivity (Wildman–Crippen MR) is 78.2 cm³/mol. The topological polar surface area (TPSA) is 52.9 Å². The van der Waals surface area contributed by atoms with Crippen LogP contribution in [0.1, 0.15) is 29.6 Å². The molecule has 0 radical (unpaired) electrons. The Labute approximate surface area is 118 Å². The molecule has 1 fully saturated rings. The highest BCUT2D eigenvalue weighted by Gasteiger charge is 2.28. The maximum atomic E-state index is 12.5. The minimum absolute atomic E-state index is 0.00790. The third-order valence-electron chi connectivity index (χ3n) is 4.03. The number of rotatable bonds is 2. The van der Waals surface area contributed by atoms with E-state index in [9.17, 15) is 4.79 Å². The molecule has 0 aliphatic heterocycles. The third-order valence-corrected chi connectivity index (χ3v) is 4.03. The van der Waals surface area contributed by atoms with Crippen LogP contribution < -0.4 is 5.32 Å². The molecule has 0 spiro atoms. The predicted octanol–water partition coefficient (Wildman–Crippen LogP) is 3.26. The molecule has 3 rings (SSSR count). The Hall–Kier alpha value is -2.34. The summed E-state index contributed by atoms with van der Waals surface area (Å²) in [6.07, 6.45) is 2.80. The van der Waals surface area contributed by atoms with Crippen molar-refractivity contribution in [3.8, 4) is 6.07 Å². The van der Waals surface area contributed by atoms with E-state index in [1.807, 2.05) is 42.5 Å². The summed E-state index contributed by atoms with van der Waals surface area (Å²) in [5.74, 6) is -0.122. The second-order valence-electron chi connectivity index (χ2n) is 5.27. The quantitative estimate of drug-likeness (QED) is 0.905. The maximum absolute atomic E-state index is 12.5. The number of benzene rings is 2. The molecule has 0 saturated heterocycles. The Morgan fingerprint density at radius 2 is 1.95 bits per heavy atom. The van der Waals surface area contributed by atoms with Gasteiger partial charge in [0.05, 0.1) is 12.0 Å². The van der Waals surface area contributed by atoms with Crippen molar-refractivity contribution in [1.29, 1.82) is 5.26 Å². The van der Waals surface area contributed by atoms with Crippen LogP contribution in [0.2, 0.25) is 0 Å². The number of nitrogens with zero attached hydrogens (tertiary/aromatic N) is 1. The van der Waals surface area contributed by atoms with Crippen molar-refractivity contribution in [2.45, 2.75) is 25.3 Å². The van der Waals surface area contributed by atoms with Gasteiger partial charge in [0.1, 0.15) is 0 Å². The summed E-state index contributed by atoms with van der Waals surface area (Å²) in [6, 6.07) is 15.9. The molecule has 2 unspecified atom stereocenters. The van der Waals surface area contributed by atoms with Crippen molar-refractivity contribution in [2.75, 3.05) is 0 Å². The molecule has 1 aliphatic carbocycles. The fraction of sp³-hybridized carbons (Fsp3) is 0.294. The zero-order valence-electron chi connectivity index (χ0n) is 11.2. The molecule has 1 amide bonds. The van der Waals surface area contributed by atoms with Crippen molar-refractivity contribution in [1.82, 2.24) is 5.32 Å². The van der Waals surface area contributed by atoms with Crippen LogP contribution in [0.3, 0.4) is 0 Å². The summed E-state index contributed by atoms with van der Waals surface area (Å²) >= 11 is 0. The summed E-state index contributed by atoms with van der Waals surface area (Å²) in [5.41, 5.74) is 0.687. The van der Waals surface area contributed by atoms with E-state index < -0.39 is 0 Å². The van der Waals surface area contributed by atoms with Gasteiger partial charge >= 0.3 is 0 Å².